The number of Topliss-reactive ketones (excluding diaryl/α,β-unsaturated/α-hetero) is 1. The first kappa shape index (κ1) is 20.0. The van der Waals surface area contributed by atoms with Crippen LogP contribution in [0.4, 0.5) is 5.82 Å². The highest BCUT2D eigenvalue weighted by atomic mass is 16.2. The number of fused-ring (bicyclic) bond motifs is 1. The maximum atomic E-state index is 12.7. The highest BCUT2D eigenvalue weighted by Crippen LogP contribution is 2.23. The summed E-state index contributed by atoms with van der Waals surface area (Å²) < 4.78 is 1.87. The Hall–Kier alpha value is -3.28. The molecular weight excluding hydrogens is 376 g/mol. The fraction of sp³-hybridized carbons (Fsp3) is 0.333. The highest BCUT2D eigenvalue weighted by Gasteiger charge is 2.24. The van der Waals surface area contributed by atoms with Crippen LogP contribution in [0.15, 0.2) is 48.7 Å². The molecule has 0 saturated carbocycles. The summed E-state index contributed by atoms with van der Waals surface area (Å²) >= 11 is 0. The summed E-state index contributed by atoms with van der Waals surface area (Å²) in [7, 11) is 0. The lowest BCUT2D eigenvalue weighted by Crippen LogP contribution is -2.37. The van der Waals surface area contributed by atoms with Gasteiger partial charge in [-0.2, -0.15) is 5.10 Å². The number of aryl methyl sites for hydroxylation is 3. The van der Waals surface area contributed by atoms with Gasteiger partial charge in [-0.1, -0.05) is 35.9 Å². The Balaban J connectivity index is 1.32. The molecule has 0 spiro atoms. The van der Waals surface area contributed by atoms with Crippen molar-refractivity contribution in [3.05, 3.63) is 65.6 Å². The number of pyridine rings is 1. The largest absolute Gasteiger partial charge is 0.299 e. The molecule has 0 atom stereocenters. The molecule has 1 amide bonds. The van der Waals surface area contributed by atoms with Gasteiger partial charge in [0.25, 0.3) is 0 Å². The van der Waals surface area contributed by atoms with E-state index in [0.29, 0.717) is 6.54 Å². The van der Waals surface area contributed by atoms with E-state index >= 15 is 0 Å². The summed E-state index contributed by atoms with van der Waals surface area (Å²) in [6.07, 6.45) is 3.37. The molecule has 4 rings (SSSR count). The standard InChI is InChI=1S/C24H26N4O2/c1-17-5-3-6-19(13-17)20-7-8-21(25-16-20)15-22(29)9-10-24(30)27-11-4-12-28-23(27)14-18(2)26-28/h3,5-8,13-14,16H,4,9-12,15H2,1-2H3. The summed E-state index contributed by atoms with van der Waals surface area (Å²) in [5, 5.41) is 4.42. The van der Waals surface area contributed by atoms with Crippen LogP contribution in [0.25, 0.3) is 11.1 Å². The molecule has 1 aromatic carbocycles. The van der Waals surface area contributed by atoms with E-state index in [2.05, 4.69) is 35.2 Å². The summed E-state index contributed by atoms with van der Waals surface area (Å²) in [6.45, 7) is 5.50. The predicted molar refractivity (Wildman–Crippen MR) is 116 cm³/mol. The van der Waals surface area contributed by atoms with Crippen LogP contribution in [0, 0.1) is 13.8 Å². The smallest absolute Gasteiger partial charge is 0.228 e. The number of ketones is 1. The number of carbonyl (C=O) groups excluding carboxylic acids is 2. The number of nitrogens with zero attached hydrogens (tertiary/aromatic N) is 4. The zero-order valence-corrected chi connectivity index (χ0v) is 17.5. The van der Waals surface area contributed by atoms with E-state index < -0.39 is 0 Å². The molecule has 6 heteroatoms. The summed E-state index contributed by atoms with van der Waals surface area (Å²) in [5.41, 5.74) is 4.98. The van der Waals surface area contributed by atoms with Crippen LogP contribution < -0.4 is 4.90 Å². The van der Waals surface area contributed by atoms with Crippen LogP contribution in [0.2, 0.25) is 0 Å². The van der Waals surface area contributed by atoms with Crippen molar-refractivity contribution in [1.82, 2.24) is 14.8 Å². The van der Waals surface area contributed by atoms with E-state index in [4.69, 9.17) is 0 Å². The van der Waals surface area contributed by atoms with Gasteiger partial charge in [-0.3, -0.25) is 19.5 Å². The van der Waals surface area contributed by atoms with E-state index in [1.807, 2.05) is 35.9 Å². The van der Waals surface area contributed by atoms with Crippen LogP contribution in [0.1, 0.15) is 36.2 Å². The molecule has 0 aliphatic carbocycles. The molecule has 3 heterocycles. The van der Waals surface area contributed by atoms with E-state index in [1.165, 1.54) is 5.56 Å². The van der Waals surface area contributed by atoms with Gasteiger partial charge < -0.3 is 0 Å². The third-order valence-electron chi connectivity index (χ3n) is 5.38. The molecule has 154 valence electrons. The lowest BCUT2D eigenvalue weighted by Gasteiger charge is -2.27. The Kier molecular flexibility index (Phi) is 5.74. The van der Waals surface area contributed by atoms with Crippen molar-refractivity contribution in [3.8, 4) is 11.1 Å². The van der Waals surface area contributed by atoms with E-state index in [9.17, 15) is 9.59 Å². The number of rotatable bonds is 6. The molecule has 0 unspecified atom stereocenters. The van der Waals surface area contributed by atoms with Gasteiger partial charge in [0.2, 0.25) is 5.91 Å². The highest BCUT2D eigenvalue weighted by molar-refractivity contribution is 5.95. The lowest BCUT2D eigenvalue weighted by molar-refractivity contribution is -0.123. The average molecular weight is 402 g/mol. The van der Waals surface area contributed by atoms with Crippen LogP contribution >= 0.6 is 0 Å². The zero-order chi connectivity index (χ0) is 21.1. The molecule has 6 nitrogen and oxygen atoms in total. The number of carbonyl (C=O) groups is 2. The first-order chi connectivity index (χ1) is 14.5. The molecule has 30 heavy (non-hydrogen) atoms. The number of hydrogen-bond acceptors (Lipinski definition) is 4. The number of amides is 1. The third kappa shape index (κ3) is 4.48. The normalized spacial score (nSPS) is 13.2. The van der Waals surface area contributed by atoms with Gasteiger partial charge in [-0.25, -0.2) is 4.68 Å². The number of aromatic nitrogens is 3. The van der Waals surface area contributed by atoms with Gasteiger partial charge >= 0.3 is 0 Å². The minimum atomic E-state index is -0.0213. The number of anilines is 1. The molecule has 3 aromatic rings. The van der Waals surface area contributed by atoms with Crippen molar-refractivity contribution in [1.29, 1.82) is 0 Å². The fourth-order valence-electron chi connectivity index (χ4n) is 3.86. The van der Waals surface area contributed by atoms with Crippen molar-refractivity contribution in [3.63, 3.8) is 0 Å². The molecule has 1 aliphatic heterocycles. The van der Waals surface area contributed by atoms with Gasteiger partial charge in [-0.15, -0.1) is 0 Å². The lowest BCUT2D eigenvalue weighted by atomic mass is 10.0. The van der Waals surface area contributed by atoms with Gasteiger partial charge in [0.05, 0.1) is 5.69 Å². The minimum absolute atomic E-state index is 0.0213. The third-order valence-corrected chi connectivity index (χ3v) is 5.38. The summed E-state index contributed by atoms with van der Waals surface area (Å²) in [6, 6.07) is 14.1. The van der Waals surface area contributed by atoms with Gasteiger partial charge in [0, 0.05) is 55.9 Å². The first-order valence-corrected chi connectivity index (χ1v) is 10.4. The molecule has 0 N–H and O–H groups in total. The SMILES string of the molecule is Cc1cccc(-c2ccc(CC(=O)CCC(=O)N3CCCn4nc(C)cc43)nc2)c1. The Morgan fingerprint density at radius 3 is 2.63 bits per heavy atom. The summed E-state index contributed by atoms with van der Waals surface area (Å²) in [4.78, 5) is 31.3. The number of benzene rings is 1. The fourth-order valence-corrected chi connectivity index (χ4v) is 3.86. The van der Waals surface area contributed by atoms with Crippen molar-refractivity contribution in [2.75, 3.05) is 11.4 Å². The van der Waals surface area contributed by atoms with Gasteiger partial charge in [0.1, 0.15) is 11.6 Å². The van der Waals surface area contributed by atoms with Crippen LogP contribution in [0.3, 0.4) is 0 Å². The molecule has 2 aromatic heterocycles. The average Bonchev–Trinajstić information content (AvgIpc) is 3.12. The monoisotopic (exact) mass is 402 g/mol. The van der Waals surface area contributed by atoms with Crippen molar-refractivity contribution < 1.29 is 9.59 Å². The maximum Gasteiger partial charge on any atom is 0.228 e. The predicted octanol–water partition coefficient (Wildman–Crippen LogP) is 3.89. The molecule has 1 aliphatic rings. The molecule has 0 saturated heterocycles. The second-order valence-electron chi connectivity index (χ2n) is 7.89. The van der Waals surface area contributed by atoms with Crippen LogP contribution in [0.5, 0.6) is 0 Å². The van der Waals surface area contributed by atoms with Crippen molar-refractivity contribution in [2.24, 2.45) is 0 Å². The zero-order valence-electron chi connectivity index (χ0n) is 17.5. The topological polar surface area (TPSA) is 68.1 Å². The molecular formula is C24H26N4O2. The van der Waals surface area contributed by atoms with E-state index in [1.54, 1.807) is 11.1 Å². The van der Waals surface area contributed by atoms with E-state index in [-0.39, 0.29) is 31.0 Å². The quantitative estimate of drug-likeness (QED) is 0.627. The maximum absolute atomic E-state index is 12.7. The summed E-state index contributed by atoms with van der Waals surface area (Å²) in [5.74, 6) is 0.845. The number of hydrogen-bond donors (Lipinski definition) is 0. The molecule has 0 fully saturated rings. The first-order valence-electron chi connectivity index (χ1n) is 10.4. The second kappa shape index (κ2) is 8.61. The van der Waals surface area contributed by atoms with E-state index in [0.717, 1.165) is 41.3 Å². The Morgan fingerprint density at radius 1 is 1.00 bits per heavy atom. The Labute approximate surface area is 176 Å². The van der Waals surface area contributed by atoms with Gasteiger partial charge in [-0.05, 0) is 31.9 Å². The van der Waals surface area contributed by atoms with Crippen molar-refractivity contribution >= 4 is 17.5 Å². The second-order valence-corrected chi connectivity index (χ2v) is 7.89. The Morgan fingerprint density at radius 2 is 1.87 bits per heavy atom. The van der Waals surface area contributed by atoms with Crippen LogP contribution in [-0.4, -0.2) is 33.0 Å². The Bertz CT molecular complexity index is 1070. The van der Waals surface area contributed by atoms with Crippen LogP contribution in [-0.2, 0) is 22.6 Å². The van der Waals surface area contributed by atoms with Crippen molar-refractivity contribution in [2.45, 2.75) is 46.1 Å². The molecule has 0 radical (unpaired) electrons. The molecule has 0 bridgehead atoms. The minimum Gasteiger partial charge on any atom is -0.299 e. The van der Waals surface area contributed by atoms with Gasteiger partial charge in [0.15, 0.2) is 0 Å².